The Balaban J connectivity index is 3.37. The van der Waals surface area contributed by atoms with Gasteiger partial charge in [-0.25, -0.2) is 0 Å². The van der Waals surface area contributed by atoms with Gasteiger partial charge in [0.1, 0.15) is 0 Å². The minimum absolute atomic E-state index is 0.751. The van der Waals surface area contributed by atoms with Crippen LogP contribution in [0.1, 0.15) is 104 Å². The molecule has 0 aromatic carbocycles. The van der Waals surface area contributed by atoms with E-state index in [4.69, 9.17) is 0 Å². The SMILES string of the molecule is CCCCCCCCCCCC(CC(C)CCC)NC. The molecule has 0 amide bonds. The minimum Gasteiger partial charge on any atom is -0.317 e. The molecule has 1 heteroatoms. The third kappa shape index (κ3) is 13.0. The second-order valence-electron chi connectivity index (χ2n) is 6.73. The lowest BCUT2D eigenvalue weighted by molar-refractivity contribution is 0.373. The van der Waals surface area contributed by atoms with Crippen LogP contribution >= 0.6 is 0 Å². The lowest BCUT2D eigenvalue weighted by Gasteiger charge is -2.20. The van der Waals surface area contributed by atoms with Crippen molar-refractivity contribution < 1.29 is 0 Å². The summed E-state index contributed by atoms with van der Waals surface area (Å²) in [6, 6.07) is 0.751. The van der Waals surface area contributed by atoms with Gasteiger partial charge in [0.25, 0.3) is 0 Å². The Bertz CT molecular complexity index is 179. The van der Waals surface area contributed by atoms with Crippen LogP contribution in [0.4, 0.5) is 0 Å². The zero-order valence-electron chi connectivity index (χ0n) is 14.8. The van der Waals surface area contributed by atoms with Gasteiger partial charge in [0, 0.05) is 6.04 Å². The average molecular weight is 284 g/mol. The van der Waals surface area contributed by atoms with Gasteiger partial charge in [-0.1, -0.05) is 91.4 Å². The third-order valence-electron chi connectivity index (χ3n) is 4.53. The van der Waals surface area contributed by atoms with Crippen molar-refractivity contribution in [3.63, 3.8) is 0 Å². The topological polar surface area (TPSA) is 12.0 Å². The van der Waals surface area contributed by atoms with E-state index in [1.165, 1.54) is 83.5 Å². The van der Waals surface area contributed by atoms with E-state index in [1.54, 1.807) is 0 Å². The lowest BCUT2D eigenvalue weighted by atomic mass is 9.94. The number of hydrogen-bond acceptors (Lipinski definition) is 1. The molecule has 0 aliphatic rings. The van der Waals surface area contributed by atoms with Crippen molar-refractivity contribution >= 4 is 0 Å². The van der Waals surface area contributed by atoms with Crippen LogP contribution < -0.4 is 5.32 Å². The third-order valence-corrected chi connectivity index (χ3v) is 4.53. The van der Waals surface area contributed by atoms with Crippen LogP contribution in [0.15, 0.2) is 0 Å². The molecule has 122 valence electrons. The number of hydrogen-bond donors (Lipinski definition) is 1. The Hall–Kier alpha value is -0.0400. The fourth-order valence-corrected chi connectivity index (χ4v) is 3.18. The summed E-state index contributed by atoms with van der Waals surface area (Å²) in [6.07, 6.45) is 18.4. The summed E-state index contributed by atoms with van der Waals surface area (Å²) in [7, 11) is 2.14. The summed E-state index contributed by atoms with van der Waals surface area (Å²) in [5.41, 5.74) is 0. The normalized spacial score (nSPS) is 14.4. The first kappa shape index (κ1) is 20.0. The monoisotopic (exact) mass is 283 g/mol. The van der Waals surface area contributed by atoms with Crippen molar-refractivity contribution in [3.05, 3.63) is 0 Å². The predicted octanol–water partition coefficient (Wildman–Crippen LogP) is 6.32. The second-order valence-corrected chi connectivity index (χ2v) is 6.73. The fraction of sp³-hybridized carbons (Fsp3) is 1.00. The largest absolute Gasteiger partial charge is 0.317 e. The van der Waals surface area contributed by atoms with Crippen LogP contribution in [0.2, 0.25) is 0 Å². The molecule has 0 bridgehead atoms. The first-order valence-corrected chi connectivity index (χ1v) is 9.41. The highest BCUT2D eigenvalue weighted by molar-refractivity contribution is 4.68. The van der Waals surface area contributed by atoms with E-state index in [2.05, 4.69) is 33.1 Å². The molecule has 1 nitrogen and oxygen atoms in total. The maximum atomic E-state index is 3.52. The standard InChI is InChI=1S/C19H41N/c1-5-7-8-9-10-11-12-13-14-16-19(20-4)17-18(3)15-6-2/h18-20H,5-17H2,1-4H3. The highest BCUT2D eigenvalue weighted by Gasteiger charge is 2.10. The molecule has 1 N–H and O–H groups in total. The molecule has 0 fully saturated rings. The average Bonchev–Trinajstić information content (AvgIpc) is 2.44. The molecule has 0 saturated heterocycles. The Kier molecular flexibility index (Phi) is 15.3. The summed E-state index contributed by atoms with van der Waals surface area (Å²) in [5, 5.41) is 3.52. The first-order chi connectivity index (χ1) is 9.74. The molecule has 0 aromatic heterocycles. The molecule has 0 spiro atoms. The van der Waals surface area contributed by atoms with E-state index < -0.39 is 0 Å². The number of nitrogens with one attached hydrogen (secondary N) is 1. The number of unbranched alkanes of at least 4 members (excludes halogenated alkanes) is 8. The van der Waals surface area contributed by atoms with Crippen LogP contribution in [-0.4, -0.2) is 13.1 Å². The van der Waals surface area contributed by atoms with Crippen molar-refractivity contribution in [2.24, 2.45) is 5.92 Å². The lowest BCUT2D eigenvalue weighted by Crippen LogP contribution is -2.27. The molecule has 0 saturated carbocycles. The molecule has 0 rings (SSSR count). The summed E-state index contributed by atoms with van der Waals surface area (Å²) >= 11 is 0. The summed E-state index contributed by atoms with van der Waals surface area (Å²) in [5.74, 6) is 0.885. The molecule has 0 aromatic rings. The second kappa shape index (κ2) is 15.4. The van der Waals surface area contributed by atoms with Crippen LogP contribution in [0.25, 0.3) is 0 Å². The molecule has 0 aliphatic heterocycles. The Labute approximate surface area is 129 Å². The van der Waals surface area contributed by atoms with Gasteiger partial charge in [-0.3, -0.25) is 0 Å². The van der Waals surface area contributed by atoms with Gasteiger partial charge in [-0.2, -0.15) is 0 Å². The minimum atomic E-state index is 0.751. The predicted molar refractivity (Wildman–Crippen MR) is 93.4 cm³/mol. The van der Waals surface area contributed by atoms with Crippen LogP contribution in [0.5, 0.6) is 0 Å². The van der Waals surface area contributed by atoms with Crippen molar-refractivity contribution in [2.75, 3.05) is 7.05 Å². The van der Waals surface area contributed by atoms with Crippen molar-refractivity contribution in [2.45, 2.75) is 110 Å². The van der Waals surface area contributed by atoms with Gasteiger partial charge in [0.15, 0.2) is 0 Å². The number of rotatable bonds is 15. The van der Waals surface area contributed by atoms with E-state index in [0.717, 1.165) is 12.0 Å². The zero-order valence-corrected chi connectivity index (χ0v) is 14.8. The van der Waals surface area contributed by atoms with E-state index in [9.17, 15) is 0 Å². The molecule has 0 aliphatic carbocycles. The summed E-state index contributed by atoms with van der Waals surface area (Å²) < 4.78 is 0. The van der Waals surface area contributed by atoms with Gasteiger partial charge in [-0.15, -0.1) is 0 Å². The van der Waals surface area contributed by atoms with E-state index in [-0.39, 0.29) is 0 Å². The smallest absolute Gasteiger partial charge is 0.00666 e. The van der Waals surface area contributed by atoms with Crippen LogP contribution in [0.3, 0.4) is 0 Å². The summed E-state index contributed by atoms with van der Waals surface area (Å²) in [6.45, 7) is 7.00. The van der Waals surface area contributed by atoms with Gasteiger partial charge in [-0.05, 0) is 25.8 Å². The molecule has 2 atom stereocenters. The van der Waals surface area contributed by atoms with E-state index >= 15 is 0 Å². The fourth-order valence-electron chi connectivity index (χ4n) is 3.18. The Morgan fingerprint density at radius 1 is 0.700 bits per heavy atom. The quantitative estimate of drug-likeness (QED) is 0.347. The highest BCUT2D eigenvalue weighted by atomic mass is 14.9. The van der Waals surface area contributed by atoms with Crippen molar-refractivity contribution in [3.8, 4) is 0 Å². The summed E-state index contributed by atoms with van der Waals surface area (Å²) in [4.78, 5) is 0. The first-order valence-electron chi connectivity index (χ1n) is 9.41. The van der Waals surface area contributed by atoms with Crippen LogP contribution in [-0.2, 0) is 0 Å². The molecule has 20 heavy (non-hydrogen) atoms. The van der Waals surface area contributed by atoms with Gasteiger partial charge >= 0.3 is 0 Å². The molecule has 0 heterocycles. The maximum absolute atomic E-state index is 3.52. The van der Waals surface area contributed by atoms with Gasteiger partial charge < -0.3 is 5.32 Å². The maximum Gasteiger partial charge on any atom is 0.00666 e. The van der Waals surface area contributed by atoms with Crippen molar-refractivity contribution in [1.82, 2.24) is 5.32 Å². The van der Waals surface area contributed by atoms with Gasteiger partial charge in [0.05, 0.1) is 0 Å². The molecule has 2 unspecified atom stereocenters. The Morgan fingerprint density at radius 3 is 1.75 bits per heavy atom. The zero-order chi connectivity index (χ0) is 15.1. The highest BCUT2D eigenvalue weighted by Crippen LogP contribution is 2.17. The van der Waals surface area contributed by atoms with Gasteiger partial charge in [0.2, 0.25) is 0 Å². The molecular weight excluding hydrogens is 242 g/mol. The van der Waals surface area contributed by atoms with Crippen molar-refractivity contribution in [1.29, 1.82) is 0 Å². The van der Waals surface area contributed by atoms with E-state index in [1.807, 2.05) is 0 Å². The van der Waals surface area contributed by atoms with Crippen LogP contribution in [0, 0.1) is 5.92 Å². The Morgan fingerprint density at radius 2 is 1.25 bits per heavy atom. The molecule has 0 radical (unpaired) electrons. The van der Waals surface area contributed by atoms with E-state index in [0.29, 0.717) is 0 Å². The molecular formula is C19H41N.